The first-order chi connectivity index (χ1) is 12.2. The van der Waals surface area contributed by atoms with E-state index in [9.17, 15) is 9.59 Å². The van der Waals surface area contributed by atoms with Gasteiger partial charge in [0, 0.05) is 48.3 Å². The molecular formula is C18H22Cl2N4O3. The van der Waals surface area contributed by atoms with Crippen LogP contribution in [0.2, 0.25) is 0 Å². The summed E-state index contributed by atoms with van der Waals surface area (Å²) < 4.78 is 5.34. The highest BCUT2D eigenvalue weighted by Crippen LogP contribution is 2.16. The van der Waals surface area contributed by atoms with Gasteiger partial charge in [-0.2, -0.15) is 0 Å². The first kappa shape index (κ1) is 22.9. The van der Waals surface area contributed by atoms with Gasteiger partial charge in [0.05, 0.1) is 13.2 Å². The van der Waals surface area contributed by atoms with Crippen molar-refractivity contribution in [2.24, 2.45) is 0 Å². The summed E-state index contributed by atoms with van der Waals surface area (Å²) in [6.45, 7) is 1.97. The average Bonchev–Trinajstić information content (AvgIpc) is 2.63. The number of rotatable bonds is 5. The molecule has 2 amide bonds. The molecule has 1 aromatic carbocycles. The van der Waals surface area contributed by atoms with Crippen LogP contribution in [-0.2, 0) is 9.53 Å². The number of nitrogens with one attached hydrogen (secondary N) is 3. The average molecular weight is 413 g/mol. The van der Waals surface area contributed by atoms with Crippen LogP contribution in [0, 0.1) is 0 Å². The molecular weight excluding hydrogens is 391 g/mol. The van der Waals surface area contributed by atoms with Crippen molar-refractivity contribution in [3.8, 4) is 0 Å². The van der Waals surface area contributed by atoms with E-state index < -0.39 is 0 Å². The van der Waals surface area contributed by atoms with Gasteiger partial charge >= 0.3 is 0 Å². The van der Waals surface area contributed by atoms with Gasteiger partial charge < -0.3 is 20.7 Å². The Kier molecular flexibility index (Phi) is 9.74. The fraction of sp³-hybridized carbons (Fsp3) is 0.278. The number of carbonyl (C=O) groups excluding carboxylic acids is 2. The molecule has 1 aliphatic rings. The second-order valence-corrected chi connectivity index (χ2v) is 5.75. The predicted octanol–water partition coefficient (Wildman–Crippen LogP) is 2.49. The molecule has 3 rings (SSSR count). The summed E-state index contributed by atoms with van der Waals surface area (Å²) in [4.78, 5) is 28.2. The van der Waals surface area contributed by atoms with Gasteiger partial charge in [0.15, 0.2) is 0 Å². The first-order valence-corrected chi connectivity index (χ1v) is 8.13. The smallest absolute Gasteiger partial charge is 0.255 e. The molecule has 1 unspecified atom stereocenters. The van der Waals surface area contributed by atoms with E-state index in [4.69, 9.17) is 4.74 Å². The van der Waals surface area contributed by atoms with Crippen LogP contribution in [0.4, 0.5) is 11.4 Å². The molecule has 0 aliphatic carbocycles. The number of benzene rings is 1. The van der Waals surface area contributed by atoms with Crippen molar-refractivity contribution in [2.75, 3.05) is 30.4 Å². The molecule has 1 aliphatic heterocycles. The summed E-state index contributed by atoms with van der Waals surface area (Å²) in [5, 5.41) is 8.89. The van der Waals surface area contributed by atoms with E-state index in [0.717, 1.165) is 6.54 Å². The molecule has 2 aromatic rings. The van der Waals surface area contributed by atoms with E-state index >= 15 is 0 Å². The molecule has 27 heavy (non-hydrogen) atoms. The Bertz CT molecular complexity index is 740. The lowest BCUT2D eigenvalue weighted by atomic mass is 10.2. The first-order valence-electron chi connectivity index (χ1n) is 8.13. The Hall–Kier alpha value is -2.19. The van der Waals surface area contributed by atoms with Gasteiger partial charge in [0.2, 0.25) is 5.91 Å². The Morgan fingerprint density at radius 1 is 1.11 bits per heavy atom. The van der Waals surface area contributed by atoms with Crippen LogP contribution in [0.25, 0.3) is 0 Å². The maximum absolute atomic E-state index is 12.2. The van der Waals surface area contributed by atoms with Gasteiger partial charge in [0.25, 0.3) is 5.91 Å². The maximum atomic E-state index is 12.2. The third kappa shape index (κ3) is 7.15. The zero-order valence-corrected chi connectivity index (χ0v) is 16.1. The summed E-state index contributed by atoms with van der Waals surface area (Å²) >= 11 is 0. The van der Waals surface area contributed by atoms with Gasteiger partial charge in [-0.05, 0) is 30.3 Å². The number of halogens is 2. The van der Waals surface area contributed by atoms with Gasteiger partial charge in [-0.25, -0.2) is 0 Å². The summed E-state index contributed by atoms with van der Waals surface area (Å²) in [5.74, 6) is -0.324. The van der Waals surface area contributed by atoms with E-state index in [1.807, 2.05) is 0 Å². The summed E-state index contributed by atoms with van der Waals surface area (Å²) in [6.07, 6.45) is 3.47. The monoisotopic (exact) mass is 412 g/mol. The van der Waals surface area contributed by atoms with Crippen LogP contribution in [0.15, 0.2) is 48.8 Å². The summed E-state index contributed by atoms with van der Waals surface area (Å²) in [6, 6.07) is 10.4. The fourth-order valence-corrected chi connectivity index (χ4v) is 2.57. The summed E-state index contributed by atoms with van der Waals surface area (Å²) in [5.41, 5.74) is 1.76. The number of anilines is 2. The Balaban J connectivity index is 0.00000182. The van der Waals surface area contributed by atoms with Crippen molar-refractivity contribution in [3.05, 3.63) is 54.4 Å². The van der Waals surface area contributed by atoms with E-state index in [1.54, 1.807) is 48.8 Å². The number of amides is 2. The van der Waals surface area contributed by atoms with Gasteiger partial charge in [-0.3, -0.25) is 14.6 Å². The van der Waals surface area contributed by atoms with Crippen molar-refractivity contribution in [1.29, 1.82) is 0 Å². The number of hydrogen-bond donors (Lipinski definition) is 3. The van der Waals surface area contributed by atoms with Gasteiger partial charge in [-0.15, -0.1) is 24.8 Å². The van der Waals surface area contributed by atoms with Crippen LogP contribution in [0.1, 0.15) is 16.8 Å². The highest BCUT2D eigenvalue weighted by molar-refractivity contribution is 6.04. The standard InChI is InChI=1S/C18H20N4O3.2ClH/c23-17(11-16-12-25-9-8-20-16)21-14-2-1-3-15(10-14)22-18(24)13-4-6-19-7-5-13;;/h1-7,10,16,20H,8-9,11-12H2,(H,21,23)(H,22,24);2*1H. The van der Waals surface area contributed by atoms with E-state index in [1.165, 1.54) is 0 Å². The van der Waals surface area contributed by atoms with Crippen LogP contribution in [0.3, 0.4) is 0 Å². The number of hydrogen-bond acceptors (Lipinski definition) is 5. The highest BCUT2D eigenvalue weighted by Gasteiger charge is 2.17. The SMILES string of the molecule is Cl.Cl.O=C(CC1COCCN1)Nc1cccc(NC(=O)c2ccncc2)c1. The fourth-order valence-electron chi connectivity index (χ4n) is 2.57. The molecule has 0 bridgehead atoms. The lowest BCUT2D eigenvalue weighted by Gasteiger charge is -2.23. The minimum absolute atomic E-state index is 0. The Labute approximate surface area is 170 Å². The largest absolute Gasteiger partial charge is 0.378 e. The lowest BCUT2D eigenvalue weighted by Crippen LogP contribution is -2.43. The van der Waals surface area contributed by atoms with Crippen LogP contribution in [0.5, 0.6) is 0 Å². The molecule has 0 saturated carbocycles. The van der Waals surface area contributed by atoms with Crippen LogP contribution >= 0.6 is 24.8 Å². The lowest BCUT2D eigenvalue weighted by molar-refractivity contribution is -0.117. The van der Waals surface area contributed by atoms with E-state index in [0.29, 0.717) is 36.6 Å². The minimum atomic E-state index is -0.227. The zero-order chi connectivity index (χ0) is 17.5. The number of pyridine rings is 1. The molecule has 0 radical (unpaired) electrons. The molecule has 146 valence electrons. The number of carbonyl (C=O) groups is 2. The predicted molar refractivity (Wildman–Crippen MR) is 109 cm³/mol. The number of aromatic nitrogens is 1. The third-order valence-electron chi connectivity index (χ3n) is 3.78. The number of ether oxygens (including phenoxy) is 1. The van der Waals surface area contributed by atoms with E-state index in [2.05, 4.69) is 20.9 Å². The molecule has 9 heteroatoms. The minimum Gasteiger partial charge on any atom is -0.378 e. The molecule has 1 atom stereocenters. The van der Waals surface area contributed by atoms with Crippen molar-refractivity contribution in [1.82, 2.24) is 10.3 Å². The zero-order valence-electron chi connectivity index (χ0n) is 14.5. The van der Waals surface area contributed by atoms with E-state index in [-0.39, 0.29) is 42.7 Å². The third-order valence-corrected chi connectivity index (χ3v) is 3.78. The number of morpholine rings is 1. The van der Waals surface area contributed by atoms with Gasteiger partial charge in [-0.1, -0.05) is 6.07 Å². The van der Waals surface area contributed by atoms with Crippen LogP contribution in [-0.4, -0.2) is 42.6 Å². The Morgan fingerprint density at radius 3 is 2.48 bits per heavy atom. The molecule has 2 heterocycles. The second kappa shape index (κ2) is 11.5. The Morgan fingerprint density at radius 2 is 1.81 bits per heavy atom. The molecule has 1 saturated heterocycles. The molecule has 3 N–H and O–H groups in total. The quantitative estimate of drug-likeness (QED) is 0.701. The molecule has 1 fully saturated rings. The highest BCUT2D eigenvalue weighted by atomic mass is 35.5. The maximum Gasteiger partial charge on any atom is 0.255 e. The van der Waals surface area contributed by atoms with Crippen LogP contribution < -0.4 is 16.0 Å². The van der Waals surface area contributed by atoms with Crippen molar-refractivity contribution >= 4 is 48.0 Å². The van der Waals surface area contributed by atoms with Gasteiger partial charge in [0.1, 0.15) is 0 Å². The summed E-state index contributed by atoms with van der Waals surface area (Å²) in [7, 11) is 0. The van der Waals surface area contributed by atoms with Crippen molar-refractivity contribution < 1.29 is 14.3 Å². The molecule has 0 spiro atoms. The molecule has 1 aromatic heterocycles. The molecule has 7 nitrogen and oxygen atoms in total. The topological polar surface area (TPSA) is 92.4 Å². The second-order valence-electron chi connectivity index (χ2n) is 5.75. The van der Waals surface area contributed by atoms with Crippen molar-refractivity contribution in [2.45, 2.75) is 12.5 Å². The number of nitrogens with zero attached hydrogens (tertiary/aromatic N) is 1. The van der Waals surface area contributed by atoms with Crippen molar-refractivity contribution in [3.63, 3.8) is 0 Å². The normalized spacial score (nSPS) is 15.6.